The van der Waals surface area contributed by atoms with Crippen LogP contribution in [0.1, 0.15) is 11.3 Å². The van der Waals surface area contributed by atoms with Gasteiger partial charge >= 0.3 is 0 Å². The molecule has 0 fully saturated rings. The molecule has 0 radical (unpaired) electrons. The van der Waals surface area contributed by atoms with Crippen LogP contribution in [0.25, 0.3) is 10.8 Å². The van der Waals surface area contributed by atoms with E-state index in [2.05, 4.69) is 20.5 Å². The third-order valence-corrected chi connectivity index (χ3v) is 4.05. The number of rotatable bonds is 4. The minimum atomic E-state index is -0.310. The first-order chi connectivity index (χ1) is 12.6. The number of nitrogens with zero attached hydrogens (tertiary/aromatic N) is 2. The van der Waals surface area contributed by atoms with Gasteiger partial charge in [-0.3, -0.25) is 5.10 Å². The Morgan fingerprint density at radius 1 is 0.962 bits per heavy atom. The van der Waals surface area contributed by atoms with Gasteiger partial charge in [0, 0.05) is 17.1 Å². The monoisotopic (exact) mass is 348 g/mol. The van der Waals surface area contributed by atoms with Crippen LogP contribution in [0.15, 0.2) is 54.6 Å². The summed E-state index contributed by atoms with van der Waals surface area (Å²) in [5.74, 6) is 1.96. The number of hydrogen-bond donors (Lipinski definition) is 2. The first kappa shape index (κ1) is 16.1. The number of fused-ring (bicyclic) bond motifs is 1. The van der Waals surface area contributed by atoms with E-state index in [1.54, 1.807) is 12.1 Å². The molecule has 0 saturated carbocycles. The zero-order valence-corrected chi connectivity index (χ0v) is 14.4. The average Bonchev–Trinajstić information content (AvgIpc) is 3.03. The molecule has 2 N–H and O–H groups in total. The van der Waals surface area contributed by atoms with Crippen molar-refractivity contribution in [2.75, 3.05) is 5.32 Å². The zero-order chi connectivity index (χ0) is 18.1. The second kappa shape index (κ2) is 6.48. The van der Waals surface area contributed by atoms with Crippen LogP contribution in [-0.2, 0) is 0 Å². The maximum atomic E-state index is 13.1. The van der Waals surface area contributed by atoms with Crippen molar-refractivity contribution < 1.29 is 9.13 Å². The van der Waals surface area contributed by atoms with E-state index in [9.17, 15) is 4.39 Å². The molecule has 130 valence electrons. The van der Waals surface area contributed by atoms with Crippen molar-refractivity contribution >= 4 is 22.4 Å². The van der Waals surface area contributed by atoms with Crippen LogP contribution >= 0.6 is 0 Å². The Bertz CT molecular complexity index is 1070. The standard InChI is InChI=1S/C20H17FN4O/c1-12-4-3-5-16-17(12)11-18(22-19-10-13(2)24-25-19)23-20(16)26-15-8-6-14(21)7-9-15/h3-11H,1-2H3,(H2,22,23,24,25). The van der Waals surface area contributed by atoms with Crippen molar-refractivity contribution in [1.82, 2.24) is 15.2 Å². The number of H-pyrrole nitrogens is 1. The predicted octanol–water partition coefficient (Wildman–Crippen LogP) is 5.25. The fourth-order valence-corrected chi connectivity index (χ4v) is 2.77. The third-order valence-electron chi connectivity index (χ3n) is 4.05. The highest BCUT2D eigenvalue weighted by Gasteiger charge is 2.11. The van der Waals surface area contributed by atoms with E-state index in [-0.39, 0.29) is 5.82 Å². The number of aromatic nitrogens is 3. The molecule has 2 heterocycles. The third kappa shape index (κ3) is 3.21. The Kier molecular flexibility index (Phi) is 4.01. The highest BCUT2D eigenvalue weighted by Crippen LogP contribution is 2.32. The number of benzene rings is 2. The van der Waals surface area contributed by atoms with Crippen LogP contribution in [0.4, 0.5) is 16.0 Å². The Hall–Kier alpha value is -3.41. The molecule has 0 atom stereocenters. The fraction of sp³-hybridized carbons (Fsp3) is 0.100. The topological polar surface area (TPSA) is 62.8 Å². The number of anilines is 2. The number of pyridine rings is 1. The number of halogens is 1. The van der Waals surface area contributed by atoms with Gasteiger partial charge in [0.2, 0.25) is 5.88 Å². The number of nitrogens with one attached hydrogen (secondary N) is 2. The van der Waals surface area contributed by atoms with Crippen molar-refractivity contribution in [2.24, 2.45) is 0 Å². The first-order valence-electron chi connectivity index (χ1n) is 8.21. The maximum Gasteiger partial charge on any atom is 0.229 e. The molecule has 6 heteroatoms. The molecule has 4 rings (SSSR count). The van der Waals surface area contributed by atoms with Crippen molar-refractivity contribution in [3.05, 3.63) is 71.7 Å². The van der Waals surface area contributed by atoms with Gasteiger partial charge in [-0.2, -0.15) is 10.1 Å². The minimum Gasteiger partial charge on any atom is -0.438 e. The highest BCUT2D eigenvalue weighted by molar-refractivity contribution is 5.92. The lowest BCUT2D eigenvalue weighted by molar-refractivity contribution is 0.468. The second-order valence-corrected chi connectivity index (χ2v) is 6.10. The molecule has 2 aromatic heterocycles. The molecule has 4 aromatic rings. The molecular weight excluding hydrogens is 331 g/mol. The van der Waals surface area contributed by atoms with Gasteiger partial charge in [0.15, 0.2) is 5.82 Å². The summed E-state index contributed by atoms with van der Waals surface area (Å²) in [6.45, 7) is 3.96. The molecule has 2 aromatic carbocycles. The smallest absolute Gasteiger partial charge is 0.229 e. The lowest BCUT2D eigenvalue weighted by atomic mass is 10.1. The number of aromatic amines is 1. The van der Waals surface area contributed by atoms with Crippen molar-refractivity contribution in [1.29, 1.82) is 0 Å². The quantitative estimate of drug-likeness (QED) is 0.529. The van der Waals surface area contributed by atoms with Crippen LogP contribution < -0.4 is 10.1 Å². The van der Waals surface area contributed by atoms with E-state index in [1.807, 2.05) is 44.2 Å². The zero-order valence-electron chi connectivity index (χ0n) is 14.4. The second-order valence-electron chi connectivity index (χ2n) is 6.10. The number of ether oxygens (including phenoxy) is 1. The summed E-state index contributed by atoms with van der Waals surface area (Å²) in [6, 6.07) is 15.7. The van der Waals surface area contributed by atoms with Gasteiger partial charge in [-0.05, 0) is 61.2 Å². The van der Waals surface area contributed by atoms with Crippen LogP contribution in [0.2, 0.25) is 0 Å². The molecule has 0 spiro atoms. The summed E-state index contributed by atoms with van der Waals surface area (Å²) < 4.78 is 19.1. The predicted molar refractivity (Wildman–Crippen MR) is 99.6 cm³/mol. The van der Waals surface area contributed by atoms with E-state index < -0.39 is 0 Å². The molecule has 0 aliphatic rings. The molecule has 0 aliphatic carbocycles. The normalized spacial score (nSPS) is 10.9. The van der Waals surface area contributed by atoms with Gasteiger partial charge in [0.25, 0.3) is 0 Å². The maximum absolute atomic E-state index is 13.1. The van der Waals surface area contributed by atoms with Crippen LogP contribution in [-0.4, -0.2) is 15.2 Å². The van der Waals surface area contributed by atoms with Gasteiger partial charge in [-0.15, -0.1) is 0 Å². The van der Waals surface area contributed by atoms with E-state index in [0.29, 0.717) is 23.3 Å². The lowest BCUT2D eigenvalue weighted by Crippen LogP contribution is -1.98. The molecule has 0 aliphatic heterocycles. The molecule has 0 saturated heterocycles. The molecule has 26 heavy (non-hydrogen) atoms. The minimum absolute atomic E-state index is 0.310. The van der Waals surface area contributed by atoms with Gasteiger partial charge in [-0.1, -0.05) is 12.1 Å². The summed E-state index contributed by atoms with van der Waals surface area (Å²) >= 11 is 0. The summed E-state index contributed by atoms with van der Waals surface area (Å²) in [5.41, 5.74) is 2.06. The van der Waals surface area contributed by atoms with E-state index >= 15 is 0 Å². The number of aryl methyl sites for hydroxylation is 2. The van der Waals surface area contributed by atoms with Crippen LogP contribution in [0, 0.1) is 19.7 Å². The molecule has 0 amide bonds. The Balaban J connectivity index is 1.78. The highest BCUT2D eigenvalue weighted by atomic mass is 19.1. The summed E-state index contributed by atoms with van der Waals surface area (Å²) in [7, 11) is 0. The fourth-order valence-electron chi connectivity index (χ4n) is 2.77. The first-order valence-corrected chi connectivity index (χ1v) is 8.21. The van der Waals surface area contributed by atoms with Gasteiger partial charge in [0.05, 0.1) is 0 Å². The van der Waals surface area contributed by atoms with Gasteiger partial charge < -0.3 is 10.1 Å². The average molecular weight is 348 g/mol. The van der Waals surface area contributed by atoms with E-state index in [0.717, 1.165) is 22.0 Å². The van der Waals surface area contributed by atoms with E-state index in [4.69, 9.17) is 4.74 Å². The largest absolute Gasteiger partial charge is 0.438 e. The SMILES string of the molecule is Cc1cc(Nc2cc3c(C)cccc3c(Oc3ccc(F)cc3)n2)n[nH]1. The van der Waals surface area contributed by atoms with Crippen molar-refractivity contribution in [3.63, 3.8) is 0 Å². The Morgan fingerprint density at radius 3 is 2.50 bits per heavy atom. The van der Waals surface area contributed by atoms with Gasteiger partial charge in [-0.25, -0.2) is 4.39 Å². The summed E-state index contributed by atoms with van der Waals surface area (Å²) in [4.78, 5) is 4.58. The van der Waals surface area contributed by atoms with Crippen LogP contribution in [0.5, 0.6) is 11.6 Å². The lowest BCUT2D eigenvalue weighted by Gasteiger charge is -2.12. The number of hydrogen-bond acceptors (Lipinski definition) is 4. The van der Waals surface area contributed by atoms with E-state index in [1.165, 1.54) is 12.1 Å². The Morgan fingerprint density at radius 2 is 1.77 bits per heavy atom. The Labute approximate surface area is 149 Å². The molecule has 0 unspecified atom stereocenters. The van der Waals surface area contributed by atoms with Gasteiger partial charge in [0.1, 0.15) is 17.4 Å². The summed E-state index contributed by atoms with van der Waals surface area (Å²) in [6.07, 6.45) is 0. The van der Waals surface area contributed by atoms with Crippen molar-refractivity contribution in [2.45, 2.75) is 13.8 Å². The molecular formula is C20H17FN4O. The molecule has 0 bridgehead atoms. The molecule has 5 nitrogen and oxygen atoms in total. The summed E-state index contributed by atoms with van der Waals surface area (Å²) in [5, 5.41) is 12.2. The van der Waals surface area contributed by atoms with Crippen molar-refractivity contribution in [3.8, 4) is 11.6 Å². The van der Waals surface area contributed by atoms with Crippen LogP contribution in [0.3, 0.4) is 0 Å².